The van der Waals surface area contributed by atoms with Gasteiger partial charge in [-0.05, 0) is 37.8 Å². The quantitative estimate of drug-likeness (QED) is 0.898. The fourth-order valence-electron chi connectivity index (χ4n) is 2.92. The van der Waals surface area contributed by atoms with Crippen LogP contribution in [0.2, 0.25) is 5.02 Å². The summed E-state index contributed by atoms with van der Waals surface area (Å²) in [6.45, 7) is 5.73. The lowest BCUT2D eigenvalue weighted by molar-refractivity contribution is -0.0202. The van der Waals surface area contributed by atoms with Gasteiger partial charge < -0.3 is 10.8 Å². The summed E-state index contributed by atoms with van der Waals surface area (Å²) in [4.78, 5) is 2.37. The standard InChI is InChI=1S/C16H25ClN2O/c1-3-14(18)15(12-6-4-5-7-13(12)17)19-10-8-16(2,20)9-11-19/h4-7,14-15,20H,3,8-11,18H2,1-2H3. The summed E-state index contributed by atoms with van der Waals surface area (Å²) in [5, 5.41) is 10.9. The largest absolute Gasteiger partial charge is 0.390 e. The van der Waals surface area contributed by atoms with Crippen LogP contribution in [0.1, 0.15) is 44.7 Å². The highest BCUT2D eigenvalue weighted by Gasteiger charge is 2.34. The molecule has 2 unspecified atom stereocenters. The van der Waals surface area contributed by atoms with E-state index in [9.17, 15) is 5.11 Å². The van der Waals surface area contributed by atoms with Crippen LogP contribution in [-0.4, -0.2) is 34.7 Å². The van der Waals surface area contributed by atoms with Crippen molar-refractivity contribution in [3.05, 3.63) is 34.9 Å². The molecule has 1 fully saturated rings. The summed E-state index contributed by atoms with van der Waals surface area (Å²) in [5.74, 6) is 0. The third-order valence-corrected chi connectivity index (χ3v) is 4.71. The van der Waals surface area contributed by atoms with Crippen molar-refractivity contribution in [2.75, 3.05) is 13.1 Å². The fraction of sp³-hybridized carbons (Fsp3) is 0.625. The molecular weight excluding hydrogens is 272 g/mol. The molecule has 0 aliphatic carbocycles. The van der Waals surface area contributed by atoms with E-state index in [2.05, 4.69) is 17.9 Å². The zero-order valence-electron chi connectivity index (χ0n) is 12.3. The van der Waals surface area contributed by atoms with E-state index < -0.39 is 5.60 Å². The molecule has 0 radical (unpaired) electrons. The molecule has 2 atom stereocenters. The van der Waals surface area contributed by atoms with Gasteiger partial charge in [0.05, 0.1) is 11.6 Å². The van der Waals surface area contributed by atoms with E-state index in [1.165, 1.54) is 0 Å². The van der Waals surface area contributed by atoms with Gasteiger partial charge in [-0.3, -0.25) is 4.90 Å². The Morgan fingerprint density at radius 1 is 1.35 bits per heavy atom. The first-order chi connectivity index (χ1) is 9.44. The number of nitrogens with zero attached hydrogens (tertiary/aromatic N) is 1. The molecule has 4 heteroatoms. The smallest absolute Gasteiger partial charge is 0.0644 e. The zero-order valence-corrected chi connectivity index (χ0v) is 13.1. The van der Waals surface area contributed by atoms with Gasteiger partial charge in [-0.15, -0.1) is 0 Å². The van der Waals surface area contributed by atoms with Crippen LogP contribution >= 0.6 is 11.6 Å². The van der Waals surface area contributed by atoms with Crippen molar-refractivity contribution in [1.29, 1.82) is 0 Å². The monoisotopic (exact) mass is 296 g/mol. The molecule has 1 saturated heterocycles. The molecule has 1 aromatic carbocycles. The van der Waals surface area contributed by atoms with Gasteiger partial charge in [0.2, 0.25) is 0 Å². The average Bonchev–Trinajstić information content (AvgIpc) is 2.42. The van der Waals surface area contributed by atoms with E-state index in [1.54, 1.807) is 0 Å². The number of hydrogen-bond acceptors (Lipinski definition) is 3. The Kier molecular flexibility index (Phi) is 5.08. The second-order valence-corrected chi connectivity index (χ2v) is 6.48. The number of benzene rings is 1. The number of aliphatic hydroxyl groups is 1. The lowest BCUT2D eigenvalue weighted by Gasteiger charge is -2.42. The topological polar surface area (TPSA) is 49.5 Å². The number of piperidine rings is 1. The number of rotatable bonds is 4. The van der Waals surface area contributed by atoms with Crippen molar-refractivity contribution in [2.24, 2.45) is 5.73 Å². The highest BCUT2D eigenvalue weighted by molar-refractivity contribution is 6.31. The predicted octanol–water partition coefficient (Wildman–Crippen LogP) is 2.97. The molecule has 20 heavy (non-hydrogen) atoms. The van der Waals surface area contributed by atoms with Crippen LogP contribution in [0.3, 0.4) is 0 Å². The minimum Gasteiger partial charge on any atom is -0.390 e. The Labute approximate surface area is 126 Å². The highest BCUT2D eigenvalue weighted by Crippen LogP contribution is 2.34. The maximum absolute atomic E-state index is 10.1. The second-order valence-electron chi connectivity index (χ2n) is 6.07. The third kappa shape index (κ3) is 3.53. The van der Waals surface area contributed by atoms with Crippen LogP contribution < -0.4 is 5.73 Å². The van der Waals surface area contributed by atoms with Crippen LogP contribution in [0.5, 0.6) is 0 Å². The van der Waals surface area contributed by atoms with Crippen LogP contribution in [0, 0.1) is 0 Å². The minimum absolute atomic E-state index is 0.0537. The Morgan fingerprint density at radius 2 is 1.95 bits per heavy atom. The Hall–Kier alpha value is -0.610. The predicted molar refractivity (Wildman–Crippen MR) is 83.9 cm³/mol. The van der Waals surface area contributed by atoms with Crippen molar-refractivity contribution < 1.29 is 5.11 Å². The van der Waals surface area contributed by atoms with Gasteiger partial charge >= 0.3 is 0 Å². The average molecular weight is 297 g/mol. The van der Waals surface area contributed by atoms with Crippen LogP contribution in [0.15, 0.2) is 24.3 Å². The van der Waals surface area contributed by atoms with Gasteiger partial charge in [0, 0.05) is 24.2 Å². The fourth-order valence-corrected chi connectivity index (χ4v) is 3.17. The van der Waals surface area contributed by atoms with Crippen LogP contribution in [0.25, 0.3) is 0 Å². The van der Waals surface area contributed by atoms with Gasteiger partial charge in [0.15, 0.2) is 0 Å². The molecule has 112 valence electrons. The molecule has 1 aliphatic heterocycles. The Morgan fingerprint density at radius 3 is 2.50 bits per heavy atom. The minimum atomic E-state index is -0.544. The molecule has 3 N–H and O–H groups in total. The third-order valence-electron chi connectivity index (χ3n) is 4.37. The molecule has 2 rings (SSSR count). The van der Waals surface area contributed by atoms with E-state index in [4.69, 9.17) is 17.3 Å². The molecule has 1 heterocycles. The summed E-state index contributed by atoms with van der Waals surface area (Å²) < 4.78 is 0. The van der Waals surface area contributed by atoms with Crippen LogP contribution in [-0.2, 0) is 0 Å². The molecule has 1 aliphatic rings. The van der Waals surface area contributed by atoms with Gasteiger partial charge in [-0.1, -0.05) is 36.7 Å². The maximum atomic E-state index is 10.1. The first kappa shape index (κ1) is 15.8. The van der Waals surface area contributed by atoms with E-state index in [0.717, 1.165) is 42.9 Å². The summed E-state index contributed by atoms with van der Waals surface area (Å²) >= 11 is 6.36. The highest BCUT2D eigenvalue weighted by atomic mass is 35.5. The molecule has 1 aromatic rings. The van der Waals surface area contributed by atoms with E-state index in [-0.39, 0.29) is 12.1 Å². The van der Waals surface area contributed by atoms with Crippen molar-refractivity contribution in [3.63, 3.8) is 0 Å². The number of likely N-dealkylation sites (tertiary alicyclic amines) is 1. The molecule has 0 aromatic heterocycles. The van der Waals surface area contributed by atoms with Crippen LogP contribution in [0.4, 0.5) is 0 Å². The second kappa shape index (κ2) is 6.44. The van der Waals surface area contributed by atoms with Gasteiger partial charge in [-0.25, -0.2) is 0 Å². The lowest BCUT2D eigenvalue weighted by Crippen LogP contribution is -2.48. The van der Waals surface area contributed by atoms with Crippen molar-refractivity contribution in [2.45, 2.75) is 50.8 Å². The summed E-state index contributed by atoms with van der Waals surface area (Å²) in [6.07, 6.45) is 2.47. The molecule has 0 amide bonds. The molecular formula is C16H25ClN2O. The van der Waals surface area contributed by atoms with Crippen molar-refractivity contribution in [1.82, 2.24) is 4.90 Å². The number of nitrogens with two attached hydrogens (primary N) is 1. The SMILES string of the molecule is CCC(N)C(c1ccccc1Cl)N1CCC(C)(O)CC1. The number of hydrogen-bond donors (Lipinski definition) is 2. The van der Waals surface area contributed by atoms with Gasteiger partial charge in [-0.2, -0.15) is 0 Å². The molecule has 0 bridgehead atoms. The van der Waals surface area contributed by atoms with E-state index in [0.29, 0.717) is 0 Å². The maximum Gasteiger partial charge on any atom is 0.0644 e. The van der Waals surface area contributed by atoms with E-state index in [1.807, 2.05) is 25.1 Å². The van der Waals surface area contributed by atoms with Gasteiger partial charge in [0.25, 0.3) is 0 Å². The summed E-state index contributed by atoms with van der Waals surface area (Å²) in [6, 6.07) is 8.13. The van der Waals surface area contributed by atoms with Gasteiger partial charge in [0.1, 0.15) is 0 Å². The molecule has 0 spiro atoms. The van der Waals surface area contributed by atoms with Crippen molar-refractivity contribution >= 4 is 11.6 Å². The summed E-state index contributed by atoms with van der Waals surface area (Å²) in [7, 11) is 0. The Bertz CT molecular complexity index is 440. The first-order valence-electron chi connectivity index (χ1n) is 7.41. The number of halogens is 1. The molecule has 3 nitrogen and oxygen atoms in total. The van der Waals surface area contributed by atoms with E-state index >= 15 is 0 Å². The lowest BCUT2D eigenvalue weighted by atomic mass is 9.89. The normalized spacial score (nSPS) is 22.4. The molecule has 0 saturated carbocycles. The van der Waals surface area contributed by atoms with Crippen molar-refractivity contribution in [3.8, 4) is 0 Å². The Balaban J connectivity index is 2.23. The first-order valence-corrected chi connectivity index (χ1v) is 7.79. The summed E-state index contributed by atoms with van der Waals surface area (Å²) in [5.41, 5.74) is 6.91. The zero-order chi connectivity index (χ0) is 14.8.